The average molecular weight is 1180 g/mol. The molecule has 0 unspecified atom stereocenters. The SMILES string of the molecule is COC(=O)c1cc(Oc2ncc(CCl)cc2C(F)(F)F)c(F)cc1N(C(=O)C1CCC(C)CC1)C(C)C.Cc1ccc(NCc2cnc(Oc3cc(C(=O)O)c(N(C(=O)C4CCC(C)CC4)C(C)C)cc3F)c(C(F)(F)F)c2)c(Cl)n1. The largest absolute Gasteiger partial charge is 0.478 e. The minimum Gasteiger partial charge on any atom is -0.478 e. The van der Waals surface area contributed by atoms with E-state index in [0.717, 1.165) is 81.6 Å². The summed E-state index contributed by atoms with van der Waals surface area (Å²) in [6, 6.07) is 7.34. The van der Waals surface area contributed by atoms with E-state index in [-0.39, 0.29) is 69.3 Å². The highest BCUT2D eigenvalue weighted by atomic mass is 35.5. The highest BCUT2D eigenvalue weighted by Crippen LogP contribution is 2.43. The Morgan fingerprint density at radius 3 is 1.53 bits per heavy atom. The Morgan fingerprint density at radius 1 is 0.691 bits per heavy atom. The zero-order chi connectivity index (χ0) is 59.8. The Balaban J connectivity index is 0.000000265. The number of carbonyl (C=O) groups excluding carboxylic acids is 3. The standard InChI is InChI=1S/C31H33ClF4N4O4.C26H29ClF4N2O4/c1-16(2)40(29(41)20-8-5-17(3)6-9-20)25-13-23(33)26(12-21(25)30(42)43)44-28-22(31(34,35)36)11-19(15-38-28)14-37-24-10-7-18(4)39-27(24)32;1-14(2)33(24(34)17-7-5-15(3)6-8-17)21-11-20(28)22(10-18(21)25(35)36-4)37-23-19(26(29,30)31)9-16(12-27)13-32-23/h7,10-13,15-17,20,37H,5-6,8-9,14H2,1-4H3,(H,42,43);9-11,13-15,17H,5-8,12H2,1-4H3. The lowest BCUT2D eigenvalue weighted by Gasteiger charge is -2.34. The van der Waals surface area contributed by atoms with Gasteiger partial charge in [0.2, 0.25) is 23.6 Å². The van der Waals surface area contributed by atoms with Gasteiger partial charge in [0.1, 0.15) is 11.1 Å². The number of hydrogen-bond donors (Lipinski definition) is 2. The predicted octanol–water partition coefficient (Wildman–Crippen LogP) is 15.4. The number of carboxylic acid groups (broad SMARTS) is 1. The van der Waals surface area contributed by atoms with Crippen LogP contribution in [-0.2, 0) is 39.1 Å². The number of hydrogen-bond acceptors (Lipinski definition) is 11. The molecule has 7 rings (SSSR count). The van der Waals surface area contributed by atoms with Crippen LogP contribution in [0.3, 0.4) is 0 Å². The smallest absolute Gasteiger partial charge is 0.421 e. The molecule has 0 aliphatic heterocycles. The lowest BCUT2D eigenvalue weighted by Crippen LogP contribution is -2.43. The summed E-state index contributed by atoms with van der Waals surface area (Å²) in [5, 5.41) is 13.0. The van der Waals surface area contributed by atoms with E-state index < -0.39 is 88.0 Å². The summed E-state index contributed by atoms with van der Waals surface area (Å²) in [7, 11) is 1.11. The molecule has 5 aromatic rings. The number of methoxy groups -OCH3 is 1. The van der Waals surface area contributed by atoms with Crippen LogP contribution in [0.5, 0.6) is 23.3 Å². The number of aromatic carboxylic acids is 1. The lowest BCUT2D eigenvalue weighted by molar-refractivity contribution is -0.139. The maximum Gasteiger partial charge on any atom is 0.421 e. The van der Waals surface area contributed by atoms with Crippen molar-refractivity contribution in [2.24, 2.45) is 23.7 Å². The van der Waals surface area contributed by atoms with E-state index in [4.69, 9.17) is 37.4 Å². The molecule has 3 aromatic heterocycles. The number of amides is 2. The zero-order valence-corrected chi connectivity index (χ0v) is 47.1. The molecule has 2 saturated carbocycles. The van der Waals surface area contributed by atoms with Gasteiger partial charge in [-0.25, -0.2) is 33.3 Å². The Labute approximate surface area is 473 Å². The summed E-state index contributed by atoms with van der Waals surface area (Å²) in [6.45, 7) is 12.7. The van der Waals surface area contributed by atoms with Gasteiger partial charge in [0, 0.05) is 78.7 Å². The number of carboxylic acids is 1. The van der Waals surface area contributed by atoms with Crippen LogP contribution in [0.25, 0.3) is 0 Å². The van der Waals surface area contributed by atoms with Crippen molar-refractivity contribution in [1.82, 2.24) is 15.0 Å². The quantitative estimate of drug-likeness (QED) is 0.0415. The third-order valence-corrected chi connectivity index (χ3v) is 14.6. The minimum atomic E-state index is -4.94. The number of halogens is 10. The molecule has 2 fully saturated rings. The first-order valence-electron chi connectivity index (χ1n) is 26.1. The van der Waals surface area contributed by atoms with Crippen LogP contribution in [0.15, 0.2) is 60.9 Å². The number of esters is 1. The van der Waals surface area contributed by atoms with Crippen molar-refractivity contribution in [3.63, 3.8) is 0 Å². The zero-order valence-electron chi connectivity index (χ0n) is 45.6. The molecular weight excluding hydrogens is 1120 g/mol. The topological polar surface area (TPSA) is 173 Å². The monoisotopic (exact) mass is 1180 g/mol. The molecule has 2 aliphatic carbocycles. The van der Waals surface area contributed by atoms with Crippen molar-refractivity contribution < 1.29 is 73.6 Å². The second kappa shape index (κ2) is 26.8. The van der Waals surface area contributed by atoms with Gasteiger partial charge in [-0.3, -0.25) is 9.59 Å². The van der Waals surface area contributed by atoms with E-state index >= 15 is 8.78 Å². The van der Waals surface area contributed by atoms with E-state index in [2.05, 4.69) is 34.1 Å². The molecule has 0 bridgehead atoms. The molecule has 2 aliphatic rings. The molecule has 2 amide bonds. The fourth-order valence-corrected chi connectivity index (χ4v) is 10.00. The van der Waals surface area contributed by atoms with E-state index in [9.17, 15) is 50.6 Å². The number of benzene rings is 2. The summed E-state index contributed by atoms with van der Waals surface area (Å²) in [5.74, 6) is -8.42. The van der Waals surface area contributed by atoms with Crippen LogP contribution in [-0.4, -0.2) is 63.0 Å². The van der Waals surface area contributed by atoms with E-state index in [1.165, 1.54) is 9.80 Å². The lowest BCUT2D eigenvalue weighted by atomic mass is 9.82. The van der Waals surface area contributed by atoms with Gasteiger partial charge >= 0.3 is 24.3 Å². The molecule has 24 heteroatoms. The Bertz CT molecular complexity index is 3090. The molecule has 0 atom stereocenters. The second-order valence-electron chi connectivity index (χ2n) is 20.8. The fraction of sp³-hybridized carbons (Fsp3) is 0.456. The van der Waals surface area contributed by atoms with Crippen molar-refractivity contribution >= 4 is 64.0 Å². The molecule has 3 heterocycles. The van der Waals surface area contributed by atoms with Crippen molar-refractivity contribution in [2.45, 2.75) is 137 Å². The number of pyridine rings is 3. The summed E-state index contributed by atoms with van der Waals surface area (Å²) in [4.78, 5) is 66.0. The second-order valence-corrected chi connectivity index (χ2v) is 21.4. The third-order valence-electron chi connectivity index (χ3n) is 14.0. The molecule has 2 N–H and O–H groups in total. The van der Waals surface area contributed by atoms with E-state index in [1.807, 2.05) is 0 Å². The van der Waals surface area contributed by atoms with Gasteiger partial charge < -0.3 is 34.4 Å². The van der Waals surface area contributed by atoms with Crippen molar-refractivity contribution in [3.8, 4) is 23.3 Å². The number of carbonyl (C=O) groups is 4. The molecule has 0 radical (unpaired) electrons. The van der Waals surface area contributed by atoms with Gasteiger partial charge in [-0.2, -0.15) is 26.3 Å². The molecule has 0 saturated heterocycles. The van der Waals surface area contributed by atoms with Crippen molar-refractivity contribution in [3.05, 3.63) is 117 Å². The molecule has 2 aromatic carbocycles. The van der Waals surface area contributed by atoms with Crippen LogP contribution in [0.2, 0.25) is 5.15 Å². The Morgan fingerprint density at radius 2 is 1.12 bits per heavy atom. The number of nitrogens with zero attached hydrogens (tertiary/aromatic N) is 5. The number of anilines is 3. The number of aromatic nitrogens is 3. The third kappa shape index (κ3) is 15.8. The molecule has 0 spiro atoms. The number of alkyl halides is 7. The summed E-state index contributed by atoms with van der Waals surface area (Å²) in [5.41, 5.74) is -2.23. The first-order valence-corrected chi connectivity index (χ1v) is 27.0. The summed E-state index contributed by atoms with van der Waals surface area (Å²) in [6.07, 6.45) is -1.56. The van der Waals surface area contributed by atoms with Crippen molar-refractivity contribution in [2.75, 3.05) is 22.2 Å². The normalized spacial score (nSPS) is 17.4. The molecule has 14 nitrogen and oxygen atoms in total. The molecule has 438 valence electrons. The van der Waals surface area contributed by atoms with Crippen LogP contribution < -0.4 is 24.6 Å². The molecule has 81 heavy (non-hydrogen) atoms. The van der Waals surface area contributed by atoms with E-state index in [1.54, 1.807) is 46.8 Å². The maximum absolute atomic E-state index is 15.4. The van der Waals surface area contributed by atoms with Crippen LogP contribution in [0, 0.1) is 42.2 Å². The predicted molar refractivity (Wildman–Crippen MR) is 288 cm³/mol. The summed E-state index contributed by atoms with van der Waals surface area (Å²) >= 11 is 11.7. The van der Waals surface area contributed by atoms with Gasteiger partial charge in [-0.1, -0.05) is 25.4 Å². The van der Waals surface area contributed by atoms with E-state index in [0.29, 0.717) is 48.9 Å². The Hall–Kier alpha value is -6.81. The maximum atomic E-state index is 15.4. The number of ether oxygens (including phenoxy) is 3. The highest BCUT2D eigenvalue weighted by molar-refractivity contribution is 6.32. The van der Waals surface area contributed by atoms with Gasteiger partial charge in [0.25, 0.3) is 0 Å². The molecular formula is C57H62Cl2F8N6O8. The van der Waals surface area contributed by atoms with Crippen molar-refractivity contribution in [1.29, 1.82) is 0 Å². The highest BCUT2D eigenvalue weighted by Gasteiger charge is 2.40. The van der Waals surface area contributed by atoms with Gasteiger partial charge in [0.05, 0.1) is 35.3 Å². The van der Waals surface area contributed by atoms with Crippen LogP contribution >= 0.6 is 23.2 Å². The van der Waals surface area contributed by atoms with Gasteiger partial charge in [0.15, 0.2) is 28.3 Å². The minimum absolute atomic E-state index is 0.0446. The van der Waals surface area contributed by atoms with Crippen LogP contribution in [0.1, 0.15) is 142 Å². The average Bonchev–Trinajstić information content (AvgIpc) is 3.53. The van der Waals surface area contributed by atoms with Gasteiger partial charge in [-0.05, 0) is 133 Å². The first-order chi connectivity index (χ1) is 38.0. The first kappa shape index (κ1) is 63.4. The number of nitrogens with one attached hydrogen (secondary N) is 1. The van der Waals surface area contributed by atoms with Crippen LogP contribution in [0.4, 0.5) is 52.2 Å². The van der Waals surface area contributed by atoms with Gasteiger partial charge in [-0.15, -0.1) is 11.6 Å². The number of aryl methyl sites for hydroxylation is 1. The summed E-state index contributed by atoms with van der Waals surface area (Å²) < 4.78 is 129. The number of rotatable bonds is 16. The Kier molecular flexibility index (Phi) is 21.0. The fourth-order valence-electron chi connectivity index (χ4n) is 9.59.